The summed E-state index contributed by atoms with van der Waals surface area (Å²) in [6.07, 6.45) is 0. The molecule has 0 aliphatic carbocycles. The van der Waals surface area contributed by atoms with E-state index in [1.54, 1.807) is 0 Å². The number of rotatable bonds is 0. The molecule has 0 spiro atoms. The maximum absolute atomic E-state index is 7.25. The summed E-state index contributed by atoms with van der Waals surface area (Å²) in [7, 11) is 0. The van der Waals surface area contributed by atoms with E-state index in [0.717, 1.165) is 0 Å². The summed E-state index contributed by atoms with van der Waals surface area (Å²) in [6, 6.07) is 0. The van der Waals surface area contributed by atoms with Gasteiger partial charge in [0.1, 0.15) is 0 Å². The largest absolute Gasteiger partial charge is 0.577 e. The van der Waals surface area contributed by atoms with Crippen LogP contribution in [-0.2, 0) is 0 Å². The first-order valence-electron chi connectivity index (χ1n) is 0.183. The molecular weight excluding hydrogens is 284 g/mol. The smallest absolute Gasteiger partial charge is 0 e. The van der Waals surface area contributed by atoms with E-state index in [-0.39, 0.29) is 36.6 Å². The molecule has 0 rings (SSSR count). The second-order valence-corrected chi connectivity index (χ2v) is 0. The summed E-state index contributed by atoms with van der Waals surface area (Å²) in [5, 5.41) is 0. The quantitative estimate of drug-likeness (QED) is 0.591. The Bertz CT molecular complexity index is 6.00. The van der Waals surface area contributed by atoms with Crippen molar-refractivity contribution < 1.29 is 36.6 Å². The zero-order chi connectivity index (χ0) is 2.00. The fourth-order valence-electron chi connectivity index (χ4n) is 0. The van der Waals surface area contributed by atoms with Gasteiger partial charge >= 0.3 is 0 Å². The monoisotopic (exact) mass is 286 g/mol. The van der Waals surface area contributed by atoms with Gasteiger partial charge in [0.15, 0.2) is 0 Å². The Morgan fingerprint density at radius 3 is 1.25 bits per heavy atom. The van der Waals surface area contributed by atoms with Crippen molar-refractivity contribution in [3.05, 3.63) is 10.5 Å². The number of hydrogen-bond donors (Lipinski definition) is 0. The standard InChI is InChI=1S/NO.H2O.U/c1-2;;/h;1H2;/q-1;;. The van der Waals surface area contributed by atoms with Gasteiger partial charge < -0.3 is 16.0 Å². The van der Waals surface area contributed by atoms with Crippen LogP contribution in [0.4, 0.5) is 0 Å². The zero-order valence-electron chi connectivity index (χ0n) is 1.86. The van der Waals surface area contributed by atoms with Crippen molar-refractivity contribution in [2.75, 3.05) is 0 Å². The molecule has 0 aliphatic rings. The van der Waals surface area contributed by atoms with E-state index in [9.17, 15) is 0 Å². The maximum Gasteiger partial charge on any atom is 0 e. The van der Waals surface area contributed by atoms with Crippen LogP contribution in [0, 0.1) is 36.0 Å². The Hall–Kier alpha value is 0.612. The van der Waals surface area contributed by atoms with Crippen LogP contribution >= 0.6 is 0 Å². The van der Waals surface area contributed by atoms with E-state index in [2.05, 4.69) is 0 Å². The van der Waals surface area contributed by atoms with Crippen LogP contribution in [0.1, 0.15) is 0 Å². The molecule has 3 nitrogen and oxygen atoms in total. The molecule has 0 radical (unpaired) electrons. The van der Waals surface area contributed by atoms with Crippen LogP contribution in [0.15, 0.2) is 0 Å². The Morgan fingerprint density at radius 1 is 1.25 bits per heavy atom. The number of nitroso groups, excluding NO2 is 1. The number of hydrogen-bond acceptors (Lipinski definition) is 1. The maximum atomic E-state index is 7.25. The summed E-state index contributed by atoms with van der Waals surface area (Å²) >= 11 is 0. The van der Waals surface area contributed by atoms with E-state index in [1.165, 1.54) is 0 Å². The molecule has 0 aliphatic heterocycles. The third kappa shape index (κ3) is 18.1. The molecule has 0 heterocycles. The third-order valence-electron chi connectivity index (χ3n) is 0. The van der Waals surface area contributed by atoms with Crippen LogP contribution in [0.3, 0.4) is 0 Å². The second-order valence-electron chi connectivity index (χ2n) is 0. The molecule has 0 saturated carbocycles. The predicted molar refractivity (Wildman–Crippen MR) is 10.3 cm³/mol. The van der Waals surface area contributed by atoms with Crippen molar-refractivity contribution >= 4 is 0 Å². The molecule has 0 atom stereocenters. The fraction of sp³-hybridized carbons (Fsp3) is 0. The van der Waals surface area contributed by atoms with E-state index < -0.39 is 0 Å². The van der Waals surface area contributed by atoms with E-state index in [1.807, 2.05) is 0 Å². The van der Waals surface area contributed by atoms with Gasteiger partial charge in [-0.25, -0.2) is 0 Å². The molecule has 0 aromatic carbocycles. The minimum atomic E-state index is 0. The first-order chi connectivity index (χ1) is 1.00. The Balaban J connectivity index is -0.00000000500. The van der Waals surface area contributed by atoms with Gasteiger partial charge in [0.25, 0.3) is 0 Å². The molecule has 0 aromatic heterocycles. The topological polar surface area (TPSA) is 70.9 Å². The molecular formula is H2NO2U-. The van der Waals surface area contributed by atoms with Gasteiger partial charge in [-0.2, -0.15) is 0 Å². The van der Waals surface area contributed by atoms with Gasteiger partial charge in [-0.05, 0) is 0 Å². The van der Waals surface area contributed by atoms with Crippen LogP contribution in [0.5, 0.6) is 0 Å². The van der Waals surface area contributed by atoms with Gasteiger partial charge in [0.05, 0.1) is 0 Å². The first-order valence-corrected chi connectivity index (χ1v) is 0.183. The van der Waals surface area contributed by atoms with Crippen molar-refractivity contribution in [2.24, 2.45) is 0 Å². The van der Waals surface area contributed by atoms with Crippen molar-refractivity contribution in [3.8, 4) is 0 Å². The SMILES string of the molecule is O.[N-]=O.[U]. The molecule has 24 valence electrons. The second kappa shape index (κ2) is 65.8. The predicted octanol–water partition coefficient (Wildman–Crippen LogP) is -0.502. The molecule has 0 bridgehead atoms. The van der Waals surface area contributed by atoms with Crippen LogP contribution < -0.4 is 0 Å². The van der Waals surface area contributed by atoms with Crippen molar-refractivity contribution in [1.29, 1.82) is 0 Å². The summed E-state index contributed by atoms with van der Waals surface area (Å²) in [5.74, 6) is 0. The van der Waals surface area contributed by atoms with Gasteiger partial charge in [-0.1, -0.05) is 0 Å². The molecule has 0 saturated heterocycles. The summed E-state index contributed by atoms with van der Waals surface area (Å²) in [5.41, 5.74) is 5.75. The van der Waals surface area contributed by atoms with Crippen molar-refractivity contribution in [3.63, 3.8) is 0 Å². The minimum absolute atomic E-state index is 0. The first kappa shape index (κ1) is 23.2. The van der Waals surface area contributed by atoms with Gasteiger partial charge in [0.2, 0.25) is 0 Å². The van der Waals surface area contributed by atoms with Gasteiger partial charge in [-0.15, -0.1) is 0 Å². The zero-order valence-corrected chi connectivity index (χ0v) is 6.02. The van der Waals surface area contributed by atoms with Crippen molar-refractivity contribution in [2.45, 2.75) is 0 Å². The molecule has 0 fully saturated rings. The Morgan fingerprint density at radius 2 is 1.25 bits per heavy atom. The average Bonchev–Trinajstić information content (AvgIpc) is 1.00. The minimum Gasteiger partial charge on any atom is -0.577 e. The Kier molecular flexibility index (Phi) is 381. The van der Waals surface area contributed by atoms with E-state index in [4.69, 9.17) is 10.5 Å². The van der Waals surface area contributed by atoms with Crippen LogP contribution in [-0.4, -0.2) is 5.48 Å². The molecule has 0 aromatic rings. The fourth-order valence-corrected chi connectivity index (χ4v) is 0. The molecule has 0 amide bonds. The molecule has 4 heavy (non-hydrogen) atoms. The molecule has 2 N–H and O–H groups in total. The summed E-state index contributed by atoms with van der Waals surface area (Å²) in [6.45, 7) is 0. The van der Waals surface area contributed by atoms with E-state index in [0.29, 0.717) is 0 Å². The van der Waals surface area contributed by atoms with Gasteiger partial charge in [-0.3, -0.25) is 0 Å². The van der Waals surface area contributed by atoms with Crippen LogP contribution in [0.25, 0.3) is 5.59 Å². The summed E-state index contributed by atoms with van der Waals surface area (Å²) < 4.78 is 0. The van der Waals surface area contributed by atoms with Crippen LogP contribution in [0.2, 0.25) is 0 Å². The Labute approximate surface area is 47.2 Å². The van der Waals surface area contributed by atoms with Crippen molar-refractivity contribution in [1.82, 2.24) is 0 Å². The average molecular weight is 286 g/mol. The number of nitrogens with zero attached hydrogens (tertiary/aromatic N) is 1. The third-order valence-corrected chi connectivity index (χ3v) is 0. The van der Waals surface area contributed by atoms with Gasteiger partial charge in [0, 0.05) is 31.1 Å². The molecule has 4 heteroatoms. The molecule has 0 unspecified atom stereocenters. The van der Waals surface area contributed by atoms with E-state index >= 15 is 0 Å². The normalized spacial score (nSPS) is 1.00. The summed E-state index contributed by atoms with van der Waals surface area (Å²) in [4.78, 5) is 7.25.